The molecule has 2 aromatic rings. The molecule has 2 N–H and O–H groups in total. The van der Waals surface area contributed by atoms with Gasteiger partial charge < -0.3 is 10.4 Å². The van der Waals surface area contributed by atoms with Crippen molar-refractivity contribution in [2.75, 3.05) is 18.4 Å². The fraction of sp³-hybridized carbons (Fsp3) is 0.409. The summed E-state index contributed by atoms with van der Waals surface area (Å²) >= 11 is 0. The molecule has 2 aromatic carbocycles. The lowest BCUT2D eigenvalue weighted by molar-refractivity contribution is -0.115. The summed E-state index contributed by atoms with van der Waals surface area (Å²) in [5.74, 6) is -0.434. The van der Waals surface area contributed by atoms with E-state index in [0.29, 0.717) is 13.1 Å². The summed E-state index contributed by atoms with van der Waals surface area (Å²) in [5, 5.41) is 12.8. The van der Waals surface area contributed by atoms with E-state index in [1.807, 2.05) is 6.07 Å². The first-order valence-corrected chi connectivity index (χ1v) is 11.6. The number of hydrogen-bond acceptors (Lipinski definition) is 4. The topological polar surface area (TPSA) is 86.7 Å². The van der Waals surface area contributed by atoms with Gasteiger partial charge in [-0.2, -0.15) is 4.31 Å². The molecule has 0 aromatic heterocycles. The normalized spacial score (nSPS) is 17.1. The summed E-state index contributed by atoms with van der Waals surface area (Å²) < 4.78 is 26.9. The zero-order valence-corrected chi connectivity index (χ0v) is 17.2. The fourth-order valence-corrected chi connectivity index (χ4v) is 5.67. The third-order valence-corrected chi connectivity index (χ3v) is 7.62. The van der Waals surface area contributed by atoms with E-state index in [1.165, 1.54) is 46.5 Å². The summed E-state index contributed by atoms with van der Waals surface area (Å²) in [6.07, 6.45) is 6.40. The Kier molecular flexibility index (Phi) is 5.61. The van der Waals surface area contributed by atoms with Crippen LogP contribution in [0.1, 0.15) is 42.4 Å². The lowest BCUT2D eigenvalue weighted by atomic mass is 9.90. The van der Waals surface area contributed by atoms with Crippen molar-refractivity contribution in [3.8, 4) is 5.75 Å². The smallest absolute Gasteiger partial charge is 0.243 e. The summed E-state index contributed by atoms with van der Waals surface area (Å²) in [6.45, 7) is 1.01. The SMILES string of the molecule is O=C(Cc1ccc2c(c1)CCCC2)Nc1cc(S(=O)(=O)N2CCCC2)ccc1O. The maximum absolute atomic E-state index is 12.7. The van der Waals surface area contributed by atoms with Crippen LogP contribution in [0.25, 0.3) is 0 Å². The molecule has 1 fully saturated rings. The molecule has 1 aliphatic heterocycles. The molecule has 0 unspecified atom stereocenters. The molecule has 1 amide bonds. The summed E-state index contributed by atoms with van der Waals surface area (Å²) in [5.41, 5.74) is 3.71. The fourth-order valence-electron chi connectivity index (χ4n) is 4.13. The Labute approximate surface area is 171 Å². The summed E-state index contributed by atoms with van der Waals surface area (Å²) in [4.78, 5) is 12.6. The van der Waals surface area contributed by atoms with Crippen LogP contribution in [0.15, 0.2) is 41.3 Å². The maximum Gasteiger partial charge on any atom is 0.243 e. The minimum Gasteiger partial charge on any atom is -0.506 e. The van der Waals surface area contributed by atoms with E-state index in [-0.39, 0.29) is 28.7 Å². The number of phenols is 1. The van der Waals surface area contributed by atoms with E-state index < -0.39 is 10.0 Å². The molecule has 6 nitrogen and oxygen atoms in total. The molecule has 0 radical (unpaired) electrons. The van der Waals surface area contributed by atoms with Gasteiger partial charge in [-0.05, 0) is 73.4 Å². The van der Waals surface area contributed by atoms with E-state index in [9.17, 15) is 18.3 Å². The number of amides is 1. The van der Waals surface area contributed by atoms with Gasteiger partial charge in [0.1, 0.15) is 5.75 Å². The minimum atomic E-state index is -3.61. The van der Waals surface area contributed by atoms with Gasteiger partial charge in [-0.1, -0.05) is 18.2 Å². The van der Waals surface area contributed by atoms with E-state index in [0.717, 1.165) is 31.2 Å². The summed E-state index contributed by atoms with van der Waals surface area (Å²) in [7, 11) is -3.61. The first-order chi connectivity index (χ1) is 13.9. The number of aromatic hydroxyl groups is 1. The van der Waals surface area contributed by atoms with Crippen LogP contribution in [0, 0.1) is 0 Å². The Morgan fingerprint density at radius 1 is 0.966 bits per heavy atom. The molecule has 4 rings (SSSR count). The van der Waals surface area contributed by atoms with Crippen LogP contribution < -0.4 is 5.32 Å². The van der Waals surface area contributed by atoms with Gasteiger partial charge in [0, 0.05) is 13.1 Å². The quantitative estimate of drug-likeness (QED) is 0.736. The molecule has 0 atom stereocenters. The van der Waals surface area contributed by atoms with Gasteiger partial charge >= 0.3 is 0 Å². The molecule has 1 aliphatic carbocycles. The second-order valence-electron chi connectivity index (χ2n) is 7.83. The molecule has 7 heteroatoms. The Morgan fingerprint density at radius 2 is 1.69 bits per heavy atom. The van der Waals surface area contributed by atoms with Crippen molar-refractivity contribution in [3.63, 3.8) is 0 Å². The first kappa shape index (κ1) is 19.9. The predicted molar refractivity (Wildman–Crippen MR) is 112 cm³/mol. The van der Waals surface area contributed by atoms with Crippen molar-refractivity contribution in [1.29, 1.82) is 0 Å². The van der Waals surface area contributed by atoms with Crippen molar-refractivity contribution in [2.24, 2.45) is 0 Å². The van der Waals surface area contributed by atoms with Crippen molar-refractivity contribution in [1.82, 2.24) is 4.31 Å². The van der Waals surface area contributed by atoms with Gasteiger partial charge in [0.05, 0.1) is 17.0 Å². The third kappa shape index (κ3) is 4.31. The summed E-state index contributed by atoms with van der Waals surface area (Å²) in [6, 6.07) is 10.2. The van der Waals surface area contributed by atoms with E-state index in [2.05, 4.69) is 17.4 Å². The average molecular weight is 415 g/mol. The molecule has 2 aliphatic rings. The Balaban J connectivity index is 1.49. The standard InChI is InChI=1S/C22H26N2O4S/c25-21-10-9-19(29(27,28)24-11-3-4-12-24)15-20(21)23-22(26)14-16-7-8-17-5-1-2-6-18(17)13-16/h7-10,13,15,25H,1-6,11-12,14H2,(H,23,26). The van der Waals surface area contributed by atoms with Gasteiger partial charge in [-0.15, -0.1) is 0 Å². The van der Waals surface area contributed by atoms with Gasteiger partial charge in [0.25, 0.3) is 0 Å². The lowest BCUT2D eigenvalue weighted by Gasteiger charge is -2.17. The van der Waals surface area contributed by atoms with Crippen LogP contribution in [0.3, 0.4) is 0 Å². The molecular formula is C22H26N2O4S. The first-order valence-electron chi connectivity index (χ1n) is 10.2. The molecule has 0 saturated carbocycles. The highest BCUT2D eigenvalue weighted by Crippen LogP contribution is 2.29. The van der Waals surface area contributed by atoms with E-state index in [1.54, 1.807) is 0 Å². The largest absolute Gasteiger partial charge is 0.506 e. The van der Waals surface area contributed by atoms with Crippen LogP contribution in [-0.2, 0) is 34.1 Å². The van der Waals surface area contributed by atoms with Crippen LogP contribution in [0.2, 0.25) is 0 Å². The number of nitrogens with zero attached hydrogens (tertiary/aromatic N) is 1. The number of nitrogens with one attached hydrogen (secondary N) is 1. The van der Waals surface area contributed by atoms with Gasteiger partial charge in [0.15, 0.2) is 0 Å². The second kappa shape index (κ2) is 8.16. The molecule has 0 bridgehead atoms. The molecule has 1 saturated heterocycles. The second-order valence-corrected chi connectivity index (χ2v) is 9.76. The molecular weight excluding hydrogens is 388 g/mol. The van der Waals surface area contributed by atoms with Crippen LogP contribution in [0.5, 0.6) is 5.75 Å². The number of rotatable bonds is 5. The molecule has 154 valence electrons. The van der Waals surface area contributed by atoms with Crippen LogP contribution in [-0.4, -0.2) is 36.8 Å². The predicted octanol–water partition coefficient (Wildman–Crippen LogP) is 3.24. The lowest BCUT2D eigenvalue weighted by Crippen LogP contribution is -2.28. The maximum atomic E-state index is 12.7. The molecule has 0 spiro atoms. The van der Waals surface area contributed by atoms with Gasteiger partial charge in [-0.3, -0.25) is 4.79 Å². The van der Waals surface area contributed by atoms with Crippen LogP contribution in [0.4, 0.5) is 5.69 Å². The monoisotopic (exact) mass is 414 g/mol. The minimum absolute atomic E-state index is 0.0845. The Morgan fingerprint density at radius 3 is 2.45 bits per heavy atom. The third-order valence-electron chi connectivity index (χ3n) is 5.72. The van der Waals surface area contributed by atoms with Gasteiger partial charge in [-0.25, -0.2) is 8.42 Å². The zero-order chi connectivity index (χ0) is 20.4. The number of phenolic OH excluding ortho intramolecular Hbond substituents is 1. The van der Waals surface area contributed by atoms with Crippen molar-refractivity contribution < 1.29 is 18.3 Å². The number of sulfonamides is 1. The molecule has 1 heterocycles. The van der Waals surface area contributed by atoms with Crippen molar-refractivity contribution in [3.05, 3.63) is 53.1 Å². The molecule has 29 heavy (non-hydrogen) atoms. The number of aryl methyl sites for hydroxylation is 2. The highest BCUT2D eigenvalue weighted by molar-refractivity contribution is 7.89. The van der Waals surface area contributed by atoms with Crippen molar-refractivity contribution >= 4 is 21.6 Å². The number of anilines is 1. The van der Waals surface area contributed by atoms with Gasteiger partial charge in [0.2, 0.25) is 15.9 Å². The number of hydrogen-bond donors (Lipinski definition) is 2. The Bertz CT molecular complexity index is 1030. The number of carbonyl (C=O) groups excluding carboxylic acids is 1. The van der Waals surface area contributed by atoms with E-state index in [4.69, 9.17) is 0 Å². The number of benzene rings is 2. The van der Waals surface area contributed by atoms with Crippen LogP contribution >= 0.6 is 0 Å². The van der Waals surface area contributed by atoms with Crippen molar-refractivity contribution in [2.45, 2.75) is 49.8 Å². The zero-order valence-electron chi connectivity index (χ0n) is 16.4. The average Bonchev–Trinajstić information content (AvgIpc) is 3.25. The number of fused-ring (bicyclic) bond motifs is 1. The Hall–Kier alpha value is -2.38. The van der Waals surface area contributed by atoms with E-state index >= 15 is 0 Å². The number of carbonyl (C=O) groups is 1. The highest BCUT2D eigenvalue weighted by Gasteiger charge is 2.28. The highest BCUT2D eigenvalue weighted by atomic mass is 32.2.